The molecule has 22 heavy (non-hydrogen) atoms. The van der Waals surface area contributed by atoms with E-state index >= 15 is 0 Å². The summed E-state index contributed by atoms with van der Waals surface area (Å²) < 4.78 is 18.8. The first-order valence-corrected chi connectivity index (χ1v) is 7.38. The van der Waals surface area contributed by atoms with Crippen molar-refractivity contribution in [2.45, 2.75) is 31.3 Å². The molecule has 0 radical (unpaired) electrons. The Morgan fingerprint density at radius 1 is 1.41 bits per heavy atom. The van der Waals surface area contributed by atoms with Gasteiger partial charge in [-0.3, -0.25) is 4.79 Å². The molecule has 0 unspecified atom stereocenters. The number of carbonyl (C=O) groups excluding carboxylic acids is 1. The third-order valence-corrected chi connectivity index (χ3v) is 4.43. The highest BCUT2D eigenvalue weighted by molar-refractivity contribution is 5.89. The van der Waals surface area contributed by atoms with Gasteiger partial charge in [-0.15, -0.1) is 0 Å². The van der Waals surface area contributed by atoms with Crippen LogP contribution in [-0.4, -0.2) is 28.0 Å². The molecule has 1 saturated carbocycles. The lowest BCUT2D eigenvalue weighted by atomic mass is 10.0. The SMILES string of the molecule is NC1(C(=O)N2CCc3onc(-c4cccc(F)c4)c3C2)CC1. The second-order valence-corrected chi connectivity index (χ2v) is 6.08. The molecule has 0 atom stereocenters. The number of halogens is 1. The van der Waals surface area contributed by atoms with Crippen LogP contribution in [0.3, 0.4) is 0 Å². The molecule has 4 rings (SSSR count). The molecule has 2 heterocycles. The Labute approximate surface area is 126 Å². The summed E-state index contributed by atoms with van der Waals surface area (Å²) in [6.07, 6.45) is 2.10. The summed E-state index contributed by atoms with van der Waals surface area (Å²) >= 11 is 0. The normalized spacial score (nSPS) is 18.9. The third kappa shape index (κ3) is 2.11. The van der Waals surface area contributed by atoms with E-state index in [9.17, 15) is 9.18 Å². The molecule has 0 saturated heterocycles. The number of amides is 1. The average molecular weight is 301 g/mol. The van der Waals surface area contributed by atoms with Gasteiger partial charge in [-0.05, 0) is 25.0 Å². The first-order chi connectivity index (χ1) is 10.6. The summed E-state index contributed by atoms with van der Waals surface area (Å²) in [4.78, 5) is 14.2. The van der Waals surface area contributed by atoms with Crippen molar-refractivity contribution in [2.24, 2.45) is 5.73 Å². The largest absolute Gasteiger partial charge is 0.360 e. The van der Waals surface area contributed by atoms with E-state index in [1.54, 1.807) is 17.0 Å². The molecule has 1 aliphatic heterocycles. The summed E-state index contributed by atoms with van der Waals surface area (Å²) in [5.74, 6) is 0.437. The smallest absolute Gasteiger partial charge is 0.242 e. The van der Waals surface area contributed by atoms with Crippen molar-refractivity contribution in [1.29, 1.82) is 0 Å². The number of hydrogen-bond donors (Lipinski definition) is 1. The first-order valence-electron chi connectivity index (χ1n) is 7.38. The first kappa shape index (κ1) is 13.5. The van der Waals surface area contributed by atoms with E-state index < -0.39 is 5.54 Å². The number of nitrogens with zero attached hydrogens (tertiary/aromatic N) is 2. The summed E-state index contributed by atoms with van der Waals surface area (Å²) in [5.41, 5.74) is 7.45. The van der Waals surface area contributed by atoms with Gasteiger partial charge in [-0.2, -0.15) is 0 Å². The maximum Gasteiger partial charge on any atom is 0.242 e. The molecule has 114 valence electrons. The molecule has 1 aliphatic carbocycles. The van der Waals surface area contributed by atoms with Crippen LogP contribution in [0, 0.1) is 5.82 Å². The molecule has 2 aliphatic rings. The van der Waals surface area contributed by atoms with Crippen LogP contribution in [-0.2, 0) is 17.8 Å². The highest BCUT2D eigenvalue weighted by Gasteiger charge is 2.48. The van der Waals surface area contributed by atoms with Crippen molar-refractivity contribution >= 4 is 5.91 Å². The average Bonchev–Trinajstić information content (AvgIpc) is 3.13. The maximum absolute atomic E-state index is 13.4. The zero-order chi connectivity index (χ0) is 15.3. The van der Waals surface area contributed by atoms with Gasteiger partial charge in [0.15, 0.2) is 0 Å². The summed E-state index contributed by atoms with van der Waals surface area (Å²) in [5, 5.41) is 4.07. The quantitative estimate of drug-likeness (QED) is 0.919. The Bertz CT molecular complexity index is 752. The number of fused-ring (bicyclic) bond motifs is 1. The number of aromatic nitrogens is 1. The zero-order valence-corrected chi connectivity index (χ0v) is 12.0. The lowest BCUT2D eigenvalue weighted by Crippen LogP contribution is -2.47. The molecule has 1 aromatic carbocycles. The van der Waals surface area contributed by atoms with Gasteiger partial charge in [-0.1, -0.05) is 17.3 Å². The predicted octanol–water partition coefficient (Wildman–Crippen LogP) is 1.86. The van der Waals surface area contributed by atoms with E-state index in [0.717, 1.165) is 24.2 Å². The number of rotatable bonds is 2. The number of benzene rings is 1. The Kier molecular flexibility index (Phi) is 2.84. The minimum absolute atomic E-state index is 0.00968. The zero-order valence-electron chi connectivity index (χ0n) is 12.0. The lowest BCUT2D eigenvalue weighted by Gasteiger charge is -2.28. The topological polar surface area (TPSA) is 72.4 Å². The minimum atomic E-state index is -0.673. The Balaban J connectivity index is 1.66. The molecule has 2 N–H and O–H groups in total. The highest BCUT2D eigenvalue weighted by atomic mass is 19.1. The molecule has 5 nitrogen and oxygen atoms in total. The molecule has 2 aromatic rings. The number of nitrogens with two attached hydrogens (primary N) is 1. The van der Waals surface area contributed by atoms with Gasteiger partial charge in [0.05, 0.1) is 12.1 Å². The van der Waals surface area contributed by atoms with Crippen molar-refractivity contribution in [3.05, 3.63) is 41.4 Å². The molecule has 6 heteroatoms. The van der Waals surface area contributed by atoms with E-state index in [-0.39, 0.29) is 11.7 Å². The summed E-state index contributed by atoms with van der Waals surface area (Å²) in [7, 11) is 0. The van der Waals surface area contributed by atoms with E-state index in [1.165, 1.54) is 12.1 Å². The lowest BCUT2D eigenvalue weighted by molar-refractivity contribution is -0.134. The molecule has 1 fully saturated rings. The van der Waals surface area contributed by atoms with Crippen LogP contribution >= 0.6 is 0 Å². The minimum Gasteiger partial charge on any atom is -0.360 e. The molecule has 1 aromatic heterocycles. The standard InChI is InChI=1S/C16H16FN3O2/c17-11-3-1-2-10(8-11)14-12-9-20(7-4-13(12)22-19-14)15(21)16(18)5-6-16/h1-3,8H,4-7,9,18H2. The molecule has 0 bridgehead atoms. The van der Waals surface area contributed by atoms with Crippen LogP contribution in [0.1, 0.15) is 24.2 Å². The Hall–Kier alpha value is -2.21. The Morgan fingerprint density at radius 2 is 2.23 bits per heavy atom. The maximum atomic E-state index is 13.4. The van der Waals surface area contributed by atoms with Crippen LogP contribution in [0.25, 0.3) is 11.3 Å². The number of hydrogen-bond acceptors (Lipinski definition) is 4. The Morgan fingerprint density at radius 3 is 2.95 bits per heavy atom. The van der Waals surface area contributed by atoms with E-state index in [1.807, 2.05) is 0 Å². The second kappa shape index (κ2) is 4.64. The van der Waals surface area contributed by atoms with Gasteiger partial charge < -0.3 is 15.2 Å². The van der Waals surface area contributed by atoms with E-state index in [4.69, 9.17) is 10.3 Å². The van der Waals surface area contributed by atoms with Crippen molar-refractivity contribution in [3.63, 3.8) is 0 Å². The van der Waals surface area contributed by atoms with Crippen molar-refractivity contribution in [2.75, 3.05) is 6.54 Å². The van der Waals surface area contributed by atoms with Crippen molar-refractivity contribution in [3.8, 4) is 11.3 Å². The highest BCUT2D eigenvalue weighted by Crippen LogP contribution is 2.37. The second-order valence-electron chi connectivity index (χ2n) is 6.08. The van der Waals surface area contributed by atoms with Crippen LogP contribution in [0.4, 0.5) is 4.39 Å². The predicted molar refractivity (Wildman–Crippen MR) is 77.2 cm³/mol. The van der Waals surface area contributed by atoms with Crippen LogP contribution in [0.2, 0.25) is 0 Å². The van der Waals surface area contributed by atoms with Crippen molar-refractivity contribution in [1.82, 2.24) is 10.1 Å². The van der Waals surface area contributed by atoms with Gasteiger partial charge in [0.1, 0.15) is 17.3 Å². The van der Waals surface area contributed by atoms with Crippen LogP contribution in [0.15, 0.2) is 28.8 Å². The molecular formula is C16H16FN3O2. The van der Waals surface area contributed by atoms with Gasteiger partial charge in [0.2, 0.25) is 5.91 Å². The van der Waals surface area contributed by atoms with Gasteiger partial charge in [0, 0.05) is 24.1 Å². The fraction of sp³-hybridized carbons (Fsp3) is 0.375. The summed E-state index contributed by atoms with van der Waals surface area (Å²) in [6, 6.07) is 6.23. The molecular weight excluding hydrogens is 285 g/mol. The fourth-order valence-corrected chi connectivity index (χ4v) is 2.91. The van der Waals surface area contributed by atoms with Gasteiger partial charge >= 0.3 is 0 Å². The van der Waals surface area contributed by atoms with E-state index in [2.05, 4.69) is 5.16 Å². The molecule has 0 spiro atoms. The van der Waals surface area contributed by atoms with Crippen LogP contribution in [0.5, 0.6) is 0 Å². The monoisotopic (exact) mass is 301 g/mol. The van der Waals surface area contributed by atoms with E-state index in [0.29, 0.717) is 30.8 Å². The van der Waals surface area contributed by atoms with Gasteiger partial charge in [-0.25, -0.2) is 4.39 Å². The fourth-order valence-electron chi connectivity index (χ4n) is 2.91. The van der Waals surface area contributed by atoms with Crippen LogP contribution < -0.4 is 5.73 Å². The summed E-state index contributed by atoms with van der Waals surface area (Å²) in [6.45, 7) is 1.00. The van der Waals surface area contributed by atoms with Gasteiger partial charge in [0.25, 0.3) is 0 Å². The third-order valence-electron chi connectivity index (χ3n) is 4.43. The number of carbonyl (C=O) groups is 1. The molecule has 1 amide bonds. The van der Waals surface area contributed by atoms with Crippen molar-refractivity contribution < 1.29 is 13.7 Å².